The van der Waals surface area contributed by atoms with Crippen LogP contribution in [0.1, 0.15) is 43.5 Å². The van der Waals surface area contributed by atoms with Crippen LogP contribution in [-0.4, -0.2) is 31.4 Å². The first kappa shape index (κ1) is 16.2. The summed E-state index contributed by atoms with van der Waals surface area (Å²) in [6.45, 7) is 0. The summed E-state index contributed by atoms with van der Waals surface area (Å²) in [6, 6.07) is 2.05. The molecule has 0 saturated heterocycles. The first-order chi connectivity index (χ1) is 11.6. The minimum absolute atomic E-state index is 0.185. The van der Waals surface area contributed by atoms with Gasteiger partial charge in [0.15, 0.2) is 11.0 Å². The van der Waals surface area contributed by atoms with Gasteiger partial charge in [0.05, 0.1) is 15.8 Å². The zero-order chi connectivity index (χ0) is 16.7. The smallest absolute Gasteiger partial charge is 0.236 e. The number of hydrogen-bond donors (Lipinski definition) is 1. The molecular formula is C15H15Cl2N5OS. The number of carbonyl (C=O) groups excluding carboxylic acids is 1. The molecule has 126 valence electrons. The van der Waals surface area contributed by atoms with E-state index in [4.69, 9.17) is 23.2 Å². The predicted molar refractivity (Wildman–Crippen MR) is 93.9 cm³/mol. The Morgan fingerprint density at radius 1 is 1.29 bits per heavy atom. The van der Waals surface area contributed by atoms with Crippen LogP contribution in [0.5, 0.6) is 0 Å². The normalized spacial score (nSPS) is 17.1. The molecule has 1 N–H and O–H groups in total. The minimum Gasteiger partial charge on any atom is -0.309 e. The number of nitrogens with zero attached hydrogens (tertiary/aromatic N) is 4. The molecule has 0 unspecified atom stereocenters. The van der Waals surface area contributed by atoms with Crippen molar-refractivity contribution in [1.82, 2.24) is 19.7 Å². The second-order valence-electron chi connectivity index (χ2n) is 6.04. The molecule has 9 heteroatoms. The average molecular weight is 384 g/mol. The second-order valence-corrected chi connectivity index (χ2v) is 7.82. The summed E-state index contributed by atoms with van der Waals surface area (Å²) >= 11 is 13.2. The van der Waals surface area contributed by atoms with Crippen LogP contribution in [0, 0.1) is 0 Å². The molecule has 2 heterocycles. The molecule has 24 heavy (non-hydrogen) atoms. The van der Waals surface area contributed by atoms with Gasteiger partial charge >= 0.3 is 0 Å². The first-order valence-corrected chi connectivity index (χ1v) is 9.54. The molecule has 4 rings (SSSR count). The number of halogens is 2. The van der Waals surface area contributed by atoms with Crippen molar-refractivity contribution in [1.29, 1.82) is 0 Å². The van der Waals surface area contributed by atoms with E-state index in [1.54, 1.807) is 6.07 Å². The van der Waals surface area contributed by atoms with E-state index in [1.807, 2.05) is 0 Å². The van der Waals surface area contributed by atoms with Gasteiger partial charge in [0.1, 0.15) is 5.82 Å². The third kappa shape index (κ3) is 3.53. The SMILES string of the molecule is O=C(CSc1nnc(C2CC2)n1C1CC1)Nc1ncc(Cl)cc1Cl. The summed E-state index contributed by atoms with van der Waals surface area (Å²) < 4.78 is 2.23. The highest BCUT2D eigenvalue weighted by molar-refractivity contribution is 7.99. The average Bonchev–Trinajstić information content (AvgIpc) is 3.47. The molecule has 6 nitrogen and oxygen atoms in total. The van der Waals surface area contributed by atoms with Gasteiger partial charge in [0, 0.05) is 18.2 Å². The lowest BCUT2D eigenvalue weighted by Gasteiger charge is -2.08. The Morgan fingerprint density at radius 3 is 2.75 bits per heavy atom. The third-order valence-electron chi connectivity index (χ3n) is 3.94. The highest BCUT2D eigenvalue weighted by atomic mass is 35.5. The van der Waals surface area contributed by atoms with E-state index in [9.17, 15) is 4.79 Å². The van der Waals surface area contributed by atoms with E-state index in [0.29, 0.717) is 27.8 Å². The monoisotopic (exact) mass is 383 g/mol. The van der Waals surface area contributed by atoms with Gasteiger partial charge in [0.25, 0.3) is 0 Å². The Bertz CT molecular complexity index is 788. The molecule has 0 atom stereocenters. The van der Waals surface area contributed by atoms with E-state index in [0.717, 1.165) is 11.0 Å². The zero-order valence-electron chi connectivity index (χ0n) is 12.7. The number of aromatic nitrogens is 4. The van der Waals surface area contributed by atoms with Crippen LogP contribution in [0.4, 0.5) is 5.82 Å². The van der Waals surface area contributed by atoms with Crippen molar-refractivity contribution in [2.45, 2.75) is 42.8 Å². The molecule has 2 aliphatic rings. The Kier molecular flexibility index (Phi) is 4.40. The minimum atomic E-state index is -0.185. The topological polar surface area (TPSA) is 72.7 Å². The highest BCUT2D eigenvalue weighted by Gasteiger charge is 2.36. The van der Waals surface area contributed by atoms with Crippen LogP contribution in [0.15, 0.2) is 17.4 Å². The summed E-state index contributed by atoms with van der Waals surface area (Å²) in [6.07, 6.45) is 6.17. The standard InChI is InChI=1S/C15H15Cl2N5OS/c16-9-5-11(17)13(18-6-9)19-12(23)7-24-15-21-20-14(8-1-2-8)22(15)10-3-4-10/h5-6,8,10H,1-4,7H2,(H,18,19,23). The van der Waals surface area contributed by atoms with Gasteiger partial charge in [0.2, 0.25) is 5.91 Å². The van der Waals surface area contributed by atoms with Crippen molar-refractivity contribution in [2.24, 2.45) is 0 Å². The lowest BCUT2D eigenvalue weighted by atomic mass is 10.4. The van der Waals surface area contributed by atoms with Gasteiger partial charge in [-0.25, -0.2) is 4.98 Å². The molecule has 2 saturated carbocycles. The summed E-state index contributed by atoms with van der Waals surface area (Å²) in [5.41, 5.74) is 0. The summed E-state index contributed by atoms with van der Waals surface area (Å²) in [5.74, 6) is 2.00. The van der Waals surface area contributed by atoms with E-state index < -0.39 is 0 Å². The van der Waals surface area contributed by atoms with Crippen molar-refractivity contribution < 1.29 is 4.79 Å². The molecule has 0 aliphatic heterocycles. The second kappa shape index (κ2) is 6.54. The van der Waals surface area contributed by atoms with E-state index >= 15 is 0 Å². The van der Waals surface area contributed by atoms with Gasteiger partial charge in [-0.05, 0) is 31.7 Å². The van der Waals surface area contributed by atoms with Crippen LogP contribution in [0.3, 0.4) is 0 Å². The van der Waals surface area contributed by atoms with Gasteiger partial charge in [-0.2, -0.15) is 0 Å². The Hall–Kier alpha value is -1.31. The molecule has 2 aliphatic carbocycles. The molecule has 1 amide bonds. The molecule has 2 aromatic heterocycles. The first-order valence-electron chi connectivity index (χ1n) is 7.80. The van der Waals surface area contributed by atoms with Crippen LogP contribution < -0.4 is 5.32 Å². The molecule has 0 spiro atoms. The van der Waals surface area contributed by atoms with Crippen molar-refractivity contribution >= 4 is 46.7 Å². The molecular weight excluding hydrogens is 369 g/mol. The van der Waals surface area contributed by atoms with Crippen LogP contribution in [0.2, 0.25) is 10.0 Å². The van der Waals surface area contributed by atoms with Crippen molar-refractivity contribution in [3.63, 3.8) is 0 Å². The summed E-state index contributed by atoms with van der Waals surface area (Å²) in [4.78, 5) is 16.2. The number of hydrogen-bond acceptors (Lipinski definition) is 5. The van der Waals surface area contributed by atoms with Gasteiger partial charge in [-0.1, -0.05) is 35.0 Å². The number of amides is 1. The largest absolute Gasteiger partial charge is 0.309 e. The van der Waals surface area contributed by atoms with E-state index in [1.165, 1.54) is 43.6 Å². The highest BCUT2D eigenvalue weighted by Crippen LogP contribution is 2.45. The van der Waals surface area contributed by atoms with Crippen LogP contribution in [0.25, 0.3) is 0 Å². The number of thioether (sulfide) groups is 1. The van der Waals surface area contributed by atoms with Gasteiger partial charge in [-0.15, -0.1) is 10.2 Å². The van der Waals surface area contributed by atoms with E-state index in [2.05, 4.69) is 25.1 Å². The maximum absolute atomic E-state index is 12.2. The number of nitrogens with one attached hydrogen (secondary N) is 1. The zero-order valence-corrected chi connectivity index (χ0v) is 15.0. The quantitative estimate of drug-likeness (QED) is 0.765. The lowest BCUT2D eigenvalue weighted by Crippen LogP contribution is -2.16. The fourth-order valence-corrected chi connectivity index (χ4v) is 3.73. The Morgan fingerprint density at radius 2 is 2.08 bits per heavy atom. The fraction of sp³-hybridized carbons (Fsp3) is 0.467. The predicted octanol–water partition coefficient (Wildman–Crippen LogP) is 3.92. The molecule has 0 aromatic carbocycles. The van der Waals surface area contributed by atoms with Crippen LogP contribution in [-0.2, 0) is 4.79 Å². The van der Waals surface area contributed by atoms with Crippen molar-refractivity contribution in [3.8, 4) is 0 Å². The summed E-state index contributed by atoms with van der Waals surface area (Å²) in [7, 11) is 0. The number of anilines is 1. The van der Waals surface area contributed by atoms with Gasteiger partial charge in [-0.3, -0.25) is 4.79 Å². The molecule has 2 fully saturated rings. The number of rotatable bonds is 6. The molecule has 2 aromatic rings. The molecule has 0 radical (unpaired) electrons. The van der Waals surface area contributed by atoms with E-state index in [-0.39, 0.29) is 11.7 Å². The van der Waals surface area contributed by atoms with Crippen LogP contribution >= 0.6 is 35.0 Å². The van der Waals surface area contributed by atoms with Crippen molar-refractivity contribution in [3.05, 3.63) is 28.1 Å². The third-order valence-corrected chi connectivity index (χ3v) is 5.38. The number of carbonyl (C=O) groups is 1. The maximum Gasteiger partial charge on any atom is 0.236 e. The molecule has 0 bridgehead atoms. The van der Waals surface area contributed by atoms with Gasteiger partial charge < -0.3 is 9.88 Å². The number of pyridine rings is 1. The lowest BCUT2D eigenvalue weighted by molar-refractivity contribution is -0.113. The maximum atomic E-state index is 12.2. The Balaban J connectivity index is 1.40. The summed E-state index contributed by atoms with van der Waals surface area (Å²) in [5, 5.41) is 12.9. The fourth-order valence-electron chi connectivity index (χ4n) is 2.49. The Labute approximate surface area is 153 Å². The van der Waals surface area contributed by atoms with Crippen molar-refractivity contribution in [2.75, 3.05) is 11.1 Å².